The molecule has 1 amide bonds. The van der Waals surface area contributed by atoms with Gasteiger partial charge in [-0.15, -0.1) is 6.58 Å². The summed E-state index contributed by atoms with van der Waals surface area (Å²) in [5.41, 5.74) is 1.33. The highest BCUT2D eigenvalue weighted by Crippen LogP contribution is 2.32. The molecule has 8 nitrogen and oxygen atoms in total. The molecule has 9 heteroatoms. The molecule has 1 unspecified atom stereocenters. The van der Waals surface area contributed by atoms with Gasteiger partial charge in [0.2, 0.25) is 10.0 Å². The number of amides is 1. The lowest BCUT2D eigenvalue weighted by molar-refractivity contribution is -0.126. The van der Waals surface area contributed by atoms with Gasteiger partial charge in [-0.2, -0.15) is 4.31 Å². The molecule has 1 aromatic carbocycles. The van der Waals surface area contributed by atoms with E-state index in [4.69, 9.17) is 9.47 Å². The van der Waals surface area contributed by atoms with Crippen LogP contribution in [0.5, 0.6) is 0 Å². The van der Waals surface area contributed by atoms with Crippen LogP contribution in [0.25, 0.3) is 0 Å². The Bertz CT molecular complexity index is 846. The molecule has 2 aliphatic heterocycles. The number of sulfonamides is 1. The van der Waals surface area contributed by atoms with Crippen LogP contribution in [-0.4, -0.2) is 70.7 Å². The van der Waals surface area contributed by atoms with E-state index < -0.39 is 16.1 Å². The first-order valence-corrected chi connectivity index (χ1v) is 11.9. The van der Waals surface area contributed by atoms with Gasteiger partial charge in [-0.1, -0.05) is 6.08 Å². The van der Waals surface area contributed by atoms with Crippen LogP contribution < -0.4 is 10.2 Å². The van der Waals surface area contributed by atoms with Crippen LogP contribution in [0, 0.1) is 0 Å². The molecule has 2 saturated heterocycles. The molecule has 2 aliphatic rings. The molecule has 30 heavy (non-hydrogen) atoms. The van der Waals surface area contributed by atoms with Gasteiger partial charge in [0.15, 0.2) is 0 Å². The second-order valence-electron chi connectivity index (χ2n) is 7.47. The number of carbonyl (C=O) groups excluding carboxylic acids is 1. The van der Waals surface area contributed by atoms with Crippen molar-refractivity contribution < 1.29 is 22.7 Å². The van der Waals surface area contributed by atoms with Gasteiger partial charge in [0.1, 0.15) is 6.10 Å². The zero-order valence-electron chi connectivity index (χ0n) is 17.5. The van der Waals surface area contributed by atoms with Gasteiger partial charge in [0.05, 0.1) is 36.1 Å². The van der Waals surface area contributed by atoms with Crippen LogP contribution in [0.1, 0.15) is 26.2 Å². The van der Waals surface area contributed by atoms with E-state index in [1.54, 1.807) is 31.2 Å². The standard InChI is InChI=1S/C21H31N3O5S/c1-3-4-13-29-17(2)21(25)22-19-16-18(7-8-20(19)23-9-5-6-10-23)30(26,27)24-11-14-28-15-12-24/h3,7-8,16-17H,1,4-6,9-15H2,2H3,(H,22,25). The maximum Gasteiger partial charge on any atom is 0.253 e. The summed E-state index contributed by atoms with van der Waals surface area (Å²) in [6, 6.07) is 4.97. The zero-order chi connectivity index (χ0) is 21.6. The second-order valence-corrected chi connectivity index (χ2v) is 9.41. The Morgan fingerprint density at radius 2 is 1.97 bits per heavy atom. The van der Waals surface area contributed by atoms with Crippen molar-refractivity contribution in [1.29, 1.82) is 0 Å². The first-order chi connectivity index (χ1) is 14.4. The van der Waals surface area contributed by atoms with E-state index in [1.807, 2.05) is 0 Å². The molecule has 0 saturated carbocycles. The average molecular weight is 438 g/mol. The van der Waals surface area contributed by atoms with E-state index in [0.717, 1.165) is 31.6 Å². The molecule has 2 fully saturated rings. The summed E-state index contributed by atoms with van der Waals surface area (Å²) in [6.45, 7) is 8.91. The highest BCUT2D eigenvalue weighted by molar-refractivity contribution is 7.89. The molecule has 0 aliphatic carbocycles. The van der Waals surface area contributed by atoms with E-state index in [1.165, 1.54) is 4.31 Å². The number of morpholine rings is 1. The average Bonchev–Trinajstić information content (AvgIpc) is 3.29. The van der Waals surface area contributed by atoms with Crippen molar-refractivity contribution in [1.82, 2.24) is 4.31 Å². The third kappa shape index (κ3) is 5.40. The number of carbonyl (C=O) groups is 1. The third-order valence-corrected chi connectivity index (χ3v) is 7.23. The summed E-state index contributed by atoms with van der Waals surface area (Å²) in [5.74, 6) is -0.305. The van der Waals surface area contributed by atoms with Crippen LogP contribution in [0.2, 0.25) is 0 Å². The molecular formula is C21H31N3O5S. The van der Waals surface area contributed by atoms with Gasteiger partial charge in [0.25, 0.3) is 5.91 Å². The Morgan fingerprint density at radius 1 is 1.27 bits per heavy atom. The number of hydrogen-bond acceptors (Lipinski definition) is 6. The minimum absolute atomic E-state index is 0.169. The van der Waals surface area contributed by atoms with Crippen LogP contribution in [0.3, 0.4) is 0 Å². The Hall–Kier alpha value is -1.94. The summed E-state index contributed by atoms with van der Waals surface area (Å²) in [4.78, 5) is 15.0. The van der Waals surface area contributed by atoms with Gasteiger partial charge in [0, 0.05) is 26.2 Å². The molecule has 0 aromatic heterocycles. The van der Waals surface area contributed by atoms with Crippen LogP contribution in [-0.2, 0) is 24.3 Å². The molecule has 1 aromatic rings. The highest BCUT2D eigenvalue weighted by atomic mass is 32.2. The largest absolute Gasteiger partial charge is 0.379 e. The third-order valence-electron chi connectivity index (χ3n) is 5.34. The van der Waals surface area contributed by atoms with Crippen LogP contribution in [0.15, 0.2) is 35.7 Å². The SMILES string of the molecule is C=CCCOC(C)C(=O)Nc1cc(S(=O)(=O)N2CCOCC2)ccc1N1CCCC1. The summed E-state index contributed by atoms with van der Waals surface area (Å²) in [5, 5.41) is 2.89. The summed E-state index contributed by atoms with van der Waals surface area (Å²) < 4.78 is 38.4. The fourth-order valence-corrected chi connectivity index (χ4v) is 5.02. The second kappa shape index (κ2) is 10.4. The van der Waals surface area contributed by atoms with Crippen LogP contribution in [0.4, 0.5) is 11.4 Å². The summed E-state index contributed by atoms with van der Waals surface area (Å²) >= 11 is 0. The van der Waals surface area contributed by atoms with Crippen molar-refractivity contribution in [3.63, 3.8) is 0 Å². The Balaban J connectivity index is 1.85. The van der Waals surface area contributed by atoms with Crippen molar-refractivity contribution in [3.8, 4) is 0 Å². The molecule has 1 atom stereocenters. The normalized spacial score (nSPS) is 18.9. The Labute approximate surface area is 178 Å². The predicted molar refractivity (Wildman–Crippen MR) is 116 cm³/mol. The smallest absolute Gasteiger partial charge is 0.253 e. The summed E-state index contributed by atoms with van der Waals surface area (Å²) in [6.07, 6.45) is 3.88. The maximum atomic E-state index is 13.1. The number of nitrogens with zero attached hydrogens (tertiary/aromatic N) is 2. The topological polar surface area (TPSA) is 88.2 Å². The lowest BCUT2D eigenvalue weighted by atomic mass is 10.2. The fourth-order valence-electron chi connectivity index (χ4n) is 3.58. The molecule has 0 spiro atoms. The van der Waals surface area contributed by atoms with Gasteiger partial charge < -0.3 is 19.7 Å². The number of ether oxygens (including phenoxy) is 2. The van der Waals surface area contributed by atoms with Gasteiger partial charge in [-0.05, 0) is 44.4 Å². The van der Waals surface area contributed by atoms with Gasteiger partial charge in [-0.3, -0.25) is 4.79 Å². The first kappa shape index (κ1) is 22.7. The predicted octanol–water partition coefficient (Wildman–Crippen LogP) is 2.23. The van der Waals surface area contributed by atoms with Crippen molar-refractivity contribution >= 4 is 27.3 Å². The minimum atomic E-state index is -3.66. The summed E-state index contributed by atoms with van der Waals surface area (Å²) in [7, 11) is -3.66. The van der Waals surface area contributed by atoms with E-state index in [9.17, 15) is 13.2 Å². The number of benzene rings is 1. The molecule has 0 bridgehead atoms. The molecule has 1 N–H and O–H groups in total. The lowest BCUT2D eigenvalue weighted by Crippen LogP contribution is -2.40. The quantitative estimate of drug-likeness (QED) is 0.471. The van der Waals surface area contributed by atoms with Crippen molar-refractivity contribution in [2.75, 3.05) is 56.2 Å². The van der Waals surface area contributed by atoms with Crippen molar-refractivity contribution in [2.45, 2.75) is 37.2 Å². The Morgan fingerprint density at radius 3 is 2.63 bits per heavy atom. The highest BCUT2D eigenvalue weighted by Gasteiger charge is 2.28. The van der Waals surface area contributed by atoms with E-state index in [-0.39, 0.29) is 10.8 Å². The van der Waals surface area contributed by atoms with Crippen LogP contribution >= 0.6 is 0 Å². The van der Waals surface area contributed by atoms with Gasteiger partial charge in [-0.25, -0.2) is 8.42 Å². The maximum absolute atomic E-state index is 13.1. The number of nitrogens with one attached hydrogen (secondary N) is 1. The minimum Gasteiger partial charge on any atom is -0.379 e. The molecular weight excluding hydrogens is 406 g/mol. The van der Waals surface area contributed by atoms with E-state index in [0.29, 0.717) is 45.0 Å². The first-order valence-electron chi connectivity index (χ1n) is 10.4. The number of hydrogen-bond donors (Lipinski definition) is 1. The molecule has 0 radical (unpaired) electrons. The van der Waals surface area contributed by atoms with E-state index >= 15 is 0 Å². The molecule has 2 heterocycles. The number of anilines is 2. The zero-order valence-corrected chi connectivity index (χ0v) is 18.3. The Kier molecular flexibility index (Phi) is 7.87. The van der Waals surface area contributed by atoms with Gasteiger partial charge >= 0.3 is 0 Å². The molecule has 3 rings (SSSR count). The number of rotatable bonds is 9. The van der Waals surface area contributed by atoms with Crippen molar-refractivity contribution in [3.05, 3.63) is 30.9 Å². The lowest BCUT2D eigenvalue weighted by Gasteiger charge is -2.27. The van der Waals surface area contributed by atoms with E-state index in [2.05, 4.69) is 16.8 Å². The fraction of sp³-hybridized carbons (Fsp3) is 0.571. The molecule has 166 valence electrons. The van der Waals surface area contributed by atoms with Crippen molar-refractivity contribution in [2.24, 2.45) is 0 Å². The monoisotopic (exact) mass is 437 g/mol.